The summed E-state index contributed by atoms with van der Waals surface area (Å²) in [6, 6.07) is 60.4. The summed E-state index contributed by atoms with van der Waals surface area (Å²) < 4.78 is 0. The zero-order valence-corrected chi connectivity index (χ0v) is 32.2. The smallest absolute Gasteiger partial charge is 0.256 e. The van der Waals surface area contributed by atoms with Crippen LogP contribution in [-0.2, 0) is 0 Å². The lowest BCUT2D eigenvalue weighted by Crippen LogP contribution is -2.65. The summed E-state index contributed by atoms with van der Waals surface area (Å²) in [7, 11) is 0. The maximum absolute atomic E-state index is 5.21. The number of pyridine rings is 2. The van der Waals surface area contributed by atoms with Gasteiger partial charge in [0.05, 0.1) is 0 Å². The molecule has 4 aliphatic rings. The Morgan fingerprint density at radius 1 is 0.333 bits per heavy atom. The second-order valence-corrected chi connectivity index (χ2v) is 15.5. The molecule has 13 rings (SSSR count). The minimum absolute atomic E-state index is 0.148. The second-order valence-electron chi connectivity index (χ2n) is 15.5. The molecule has 0 amide bonds. The molecule has 0 aliphatic carbocycles. The third-order valence-corrected chi connectivity index (χ3v) is 12.4. The van der Waals surface area contributed by atoms with Crippen molar-refractivity contribution < 1.29 is 0 Å². The first kappa shape index (κ1) is 33.0. The SMILES string of the molecule is c1ccc(N2c3cc4c(cc3B3c5cnccc5N(c5ccccc5)c5nccc2c53)B2c3ccccc3N(c3ccccc3)c3ncnc(c32)N4c2ccccc2)cc1. The Labute approximate surface area is 347 Å². The molecule has 0 bridgehead atoms. The topological polar surface area (TPSA) is 64.5 Å². The Kier molecular flexibility index (Phi) is 7.03. The van der Waals surface area contributed by atoms with E-state index in [-0.39, 0.29) is 13.4 Å². The van der Waals surface area contributed by atoms with E-state index >= 15 is 0 Å². The first-order valence-electron chi connectivity index (χ1n) is 20.3. The molecule has 0 radical (unpaired) electrons. The summed E-state index contributed by atoms with van der Waals surface area (Å²) in [5.41, 5.74) is 16.6. The number of benzene rings is 6. The zero-order valence-electron chi connectivity index (χ0n) is 32.2. The summed E-state index contributed by atoms with van der Waals surface area (Å²) in [5, 5.41) is 0. The van der Waals surface area contributed by atoms with Gasteiger partial charge in [0.1, 0.15) is 23.8 Å². The van der Waals surface area contributed by atoms with Gasteiger partial charge in [-0.1, -0.05) is 97.1 Å². The number of anilines is 12. The predicted molar refractivity (Wildman–Crippen MR) is 246 cm³/mol. The van der Waals surface area contributed by atoms with Gasteiger partial charge in [-0.2, -0.15) is 0 Å². The van der Waals surface area contributed by atoms with Gasteiger partial charge in [0.15, 0.2) is 0 Å². The first-order valence-corrected chi connectivity index (χ1v) is 20.3. The maximum Gasteiger partial charge on any atom is 0.256 e. The molecule has 0 spiro atoms. The Balaban J connectivity index is 1.14. The van der Waals surface area contributed by atoms with Gasteiger partial charge >= 0.3 is 0 Å². The molecule has 0 unspecified atom stereocenters. The van der Waals surface area contributed by atoms with Gasteiger partial charge in [-0.15, -0.1) is 0 Å². The number of hydrogen-bond acceptors (Lipinski definition) is 8. The molecular formula is C50H32B2N8. The second kappa shape index (κ2) is 12.8. The summed E-state index contributed by atoms with van der Waals surface area (Å²) in [6.45, 7) is -0.296. The van der Waals surface area contributed by atoms with Crippen molar-refractivity contribution in [2.75, 3.05) is 19.6 Å². The van der Waals surface area contributed by atoms with Crippen molar-refractivity contribution >= 4 is 115 Å². The minimum atomic E-state index is -0.148. The van der Waals surface area contributed by atoms with Crippen LogP contribution in [0.25, 0.3) is 0 Å². The first-order chi connectivity index (χ1) is 29.8. The van der Waals surface area contributed by atoms with Crippen LogP contribution in [0.3, 0.4) is 0 Å². The fraction of sp³-hybridized carbons (Fsp3) is 0. The number of para-hydroxylation sites is 5. The third-order valence-electron chi connectivity index (χ3n) is 12.4. The molecule has 0 saturated carbocycles. The van der Waals surface area contributed by atoms with Crippen molar-refractivity contribution in [3.8, 4) is 0 Å². The molecule has 4 aliphatic heterocycles. The van der Waals surface area contributed by atoms with E-state index in [0.717, 1.165) is 85.0 Å². The van der Waals surface area contributed by atoms with Crippen LogP contribution in [0.2, 0.25) is 0 Å². The van der Waals surface area contributed by atoms with Crippen molar-refractivity contribution in [2.24, 2.45) is 0 Å². The van der Waals surface area contributed by atoms with E-state index in [9.17, 15) is 0 Å². The molecule has 10 heteroatoms. The lowest BCUT2D eigenvalue weighted by molar-refractivity contribution is 1.09. The molecule has 60 heavy (non-hydrogen) atoms. The van der Waals surface area contributed by atoms with Crippen LogP contribution in [0, 0.1) is 0 Å². The van der Waals surface area contributed by atoms with Crippen LogP contribution in [-0.4, -0.2) is 33.4 Å². The summed E-state index contributed by atoms with van der Waals surface area (Å²) in [4.78, 5) is 29.6. The maximum atomic E-state index is 5.21. The van der Waals surface area contributed by atoms with E-state index < -0.39 is 0 Å². The quantitative estimate of drug-likeness (QED) is 0.172. The summed E-state index contributed by atoms with van der Waals surface area (Å²) in [6.07, 6.45) is 7.63. The minimum Gasteiger partial charge on any atom is -0.311 e. The van der Waals surface area contributed by atoms with E-state index in [1.54, 1.807) is 6.33 Å². The molecular weight excluding hydrogens is 734 g/mol. The standard InChI is InChI=1S/C50H32B2N8/c1-5-15-33(16-6-1)57-43-26-28-54-48-46(43)52(40-31-53-27-25-42(40)59(48)35-19-9-3-10-20-35)38-29-39-45(30-44(38)57)60(36-21-11-4-12-22-36)50-47-49(55-32-56-50)58(34-17-7-2-8-18-34)41-24-14-13-23-37(41)51(39)47/h1-32H. The molecule has 0 saturated heterocycles. The molecule has 8 nitrogen and oxygen atoms in total. The Morgan fingerprint density at radius 2 is 0.800 bits per heavy atom. The monoisotopic (exact) mass is 766 g/mol. The van der Waals surface area contributed by atoms with Gasteiger partial charge in [0.2, 0.25) is 0 Å². The zero-order chi connectivity index (χ0) is 39.3. The number of fused-ring (bicyclic) bond motifs is 8. The molecule has 0 fully saturated rings. The van der Waals surface area contributed by atoms with Crippen LogP contribution in [0.4, 0.5) is 68.6 Å². The highest BCUT2D eigenvalue weighted by Crippen LogP contribution is 2.46. The van der Waals surface area contributed by atoms with E-state index in [0.29, 0.717) is 0 Å². The van der Waals surface area contributed by atoms with Gasteiger partial charge in [-0.05, 0) is 100 Å². The summed E-state index contributed by atoms with van der Waals surface area (Å²) >= 11 is 0. The lowest BCUT2D eigenvalue weighted by Gasteiger charge is -2.46. The van der Waals surface area contributed by atoms with E-state index in [4.69, 9.17) is 19.9 Å². The highest BCUT2D eigenvalue weighted by atomic mass is 15.3. The van der Waals surface area contributed by atoms with Crippen molar-refractivity contribution in [3.05, 3.63) is 195 Å². The van der Waals surface area contributed by atoms with Crippen molar-refractivity contribution in [1.82, 2.24) is 19.9 Å². The van der Waals surface area contributed by atoms with E-state index in [2.05, 4.69) is 196 Å². The summed E-state index contributed by atoms with van der Waals surface area (Å²) in [5.74, 6) is 2.67. The van der Waals surface area contributed by atoms with Gasteiger partial charge in [0.25, 0.3) is 13.4 Å². The number of hydrogen-bond donors (Lipinski definition) is 0. The largest absolute Gasteiger partial charge is 0.311 e. The molecule has 0 atom stereocenters. The van der Waals surface area contributed by atoms with Crippen molar-refractivity contribution in [3.63, 3.8) is 0 Å². The van der Waals surface area contributed by atoms with Crippen LogP contribution in [0.1, 0.15) is 0 Å². The lowest BCUT2D eigenvalue weighted by atomic mass is 9.30. The van der Waals surface area contributed by atoms with Gasteiger partial charge in [-0.3, -0.25) is 19.7 Å². The van der Waals surface area contributed by atoms with Crippen LogP contribution in [0.5, 0.6) is 0 Å². The fourth-order valence-corrected chi connectivity index (χ4v) is 10.1. The van der Waals surface area contributed by atoms with Crippen LogP contribution < -0.4 is 52.4 Å². The van der Waals surface area contributed by atoms with Gasteiger partial charge in [0, 0.05) is 75.2 Å². The molecule has 278 valence electrons. The average Bonchev–Trinajstić information content (AvgIpc) is 3.32. The Hall–Kier alpha value is -7.97. The normalized spacial score (nSPS) is 13.8. The van der Waals surface area contributed by atoms with Crippen LogP contribution in [0.15, 0.2) is 195 Å². The molecule has 0 N–H and O–H groups in total. The van der Waals surface area contributed by atoms with Crippen LogP contribution >= 0.6 is 0 Å². The molecule has 3 aromatic heterocycles. The van der Waals surface area contributed by atoms with E-state index in [1.165, 1.54) is 16.4 Å². The Bertz CT molecular complexity index is 2940. The fourth-order valence-electron chi connectivity index (χ4n) is 10.1. The molecule has 6 aromatic carbocycles. The highest BCUT2D eigenvalue weighted by Gasteiger charge is 2.49. The number of nitrogens with zero attached hydrogens (tertiary/aromatic N) is 8. The highest BCUT2D eigenvalue weighted by molar-refractivity contribution is 7.03. The van der Waals surface area contributed by atoms with Crippen molar-refractivity contribution in [1.29, 1.82) is 0 Å². The van der Waals surface area contributed by atoms with Crippen molar-refractivity contribution in [2.45, 2.75) is 0 Å². The number of rotatable bonds is 4. The predicted octanol–water partition coefficient (Wildman–Crippen LogP) is 7.43. The molecule has 9 aromatic rings. The average molecular weight is 766 g/mol. The van der Waals surface area contributed by atoms with Gasteiger partial charge in [-0.25, -0.2) is 15.0 Å². The third kappa shape index (κ3) is 4.58. The van der Waals surface area contributed by atoms with E-state index in [1.807, 2.05) is 12.4 Å². The van der Waals surface area contributed by atoms with Gasteiger partial charge < -0.3 is 4.90 Å². The molecule has 7 heterocycles. The number of aromatic nitrogens is 4. The Morgan fingerprint density at radius 3 is 1.42 bits per heavy atom.